The maximum Gasteiger partial charge on any atom is 0.0797 e. The van der Waals surface area contributed by atoms with Gasteiger partial charge in [-0.05, 0) is 0 Å². The largest absolute Gasteiger partial charge is 0.491 e. The molecule has 9 heteroatoms. The van der Waals surface area contributed by atoms with Gasteiger partial charge in [0.15, 0.2) is 0 Å². The quantitative estimate of drug-likeness (QED) is 0.227. The predicted molar refractivity (Wildman–Crippen MR) is 30.6 cm³/mol. The summed E-state index contributed by atoms with van der Waals surface area (Å²) in [4.78, 5) is 9.70. The van der Waals surface area contributed by atoms with Crippen molar-refractivity contribution < 1.29 is 200 Å². The Morgan fingerprint density at radius 3 is 1.36 bits per heavy atom. The van der Waals surface area contributed by atoms with E-state index in [1.807, 2.05) is 0 Å². The van der Waals surface area contributed by atoms with E-state index < -0.39 is 5.91 Å². The van der Waals surface area contributed by atoms with E-state index >= 15 is 0 Å². The summed E-state index contributed by atoms with van der Waals surface area (Å²) in [7, 11) is 0. The van der Waals surface area contributed by atoms with Gasteiger partial charge in [0.1, 0.15) is 0 Å². The van der Waals surface area contributed by atoms with Gasteiger partial charge < -0.3 is 25.1 Å². The monoisotopic (exact) mass is 1250 g/mol. The van der Waals surface area contributed by atoms with Gasteiger partial charge in [-0.25, -0.2) is 0 Å². The van der Waals surface area contributed by atoms with E-state index in [0.717, 1.165) is 6.42 Å². The minimum absolute atomic E-state index is 0. The van der Waals surface area contributed by atoms with E-state index in [9.17, 15) is 4.79 Å². The maximum atomic E-state index is 9.70. The van der Waals surface area contributed by atoms with E-state index in [-0.39, 0.29) is 190 Å². The van der Waals surface area contributed by atoms with Gasteiger partial charge in [-0.1, -0.05) is 0 Å². The second kappa shape index (κ2) is 51.2. The topological polar surface area (TPSA) is 49.3 Å². The van der Waals surface area contributed by atoms with Crippen molar-refractivity contribution in [3.63, 3.8) is 0 Å². The van der Waals surface area contributed by atoms with Crippen LogP contribution >= 0.6 is 0 Å². The average Bonchev–Trinajstić information content (AvgIpc) is 1.91. The Balaban J connectivity index is -0.00000000708. The first-order valence-electron chi connectivity index (χ1n) is 2.08. The molecule has 0 aliphatic heterocycles. The number of carbonyl (C=O) groups is 1. The van der Waals surface area contributed by atoms with Crippen LogP contribution in [0.15, 0.2) is 0 Å². The normalized spacial score (nSPS) is 3.43. The third-order valence-electron chi connectivity index (χ3n) is 0.296. The Morgan fingerprint density at radius 1 is 1.14 bits per heavy atom. The van der Waals surface area contributed by atoms with Crippen LogP contribution in [0.25, 0.3) is 0 Å². The molecule has 2 N–H and O–H groups in total. The van der Waals surface area contributed by atoms with Crippen molar-refractivity contribution in [1.82, 2.24) is 5.48 Å². The van der Waals surface area contributed by atoms with Crippen LogP contribution in [-0.2, 0) is 70.2 Å². The van der Waals surface area contributed by atoms with Gasteiger partial charge in [0, 0.05) is 190 Å². The summed E-state index contributed by atoms with van der Waals surface area (Å²) < 4.78 is 0. The summed E-state index contributed by atoms with van der Waals surface area (Å²) in [5.74, 6) is -0.588. The molecule has 0 saturated heterocycles. The molecule has 0 aromatic carbocycles. The number of hydroxylamine groups is 1. The van der Waals surface area contributed by atoms with Crippen molar-refractivity contribution in [3.05, 3.63) is 20.3 Å². The SMILES string of the molecule is [CH2-]C.[CH2-][CH-]C(=O)NO.[U].[U].[U].[U].[Y].[Y]. The number of hydrogen-bond donors (Lipinski definition) is 2. The fraction of sp³-hybridized carbons (Fsp3) is 0.200. The van der Waals surface area contributed by atoms with Gasteiger partial charge in [-0.2, -0.15) is 6.92 Å². The van der Waals surface area contributed by atoms with E-state index in [1.54, 1.807) is 6.92 Å². The van der Waals surface area contributed by atoms with Crippen LogP contribution in [0.4, 0.5) is 0 Å². The van der Waals surface area contributed by atoms with Crippen molar-refractivity contribution >= 4 is 5.91 Å². The zero-order chi connectivity index (χ0) is 6.99. The third kappa shape index (κ3) is 52.4. The van der Waals surface area contributed by atoms with Crippen molar-refractivity contribution in [2.24, 2.45) is 0 Å². The summed E-state index contributed by atoms with van der Waals surface area (Å²) in [6, 6.07) is 0. The van der Waals surface area contributed by atoms with Crippen LogP contribution in [0.2, 0.25) is 0 Å². The van der Waals surface area contributed by atoms with Crippen LogP contribution < -0.4 is 5.48 Å². The first-order valence-corrected chi connectivity index (χ1v) is 2.08. The molecule has 2 radical (unpaired) electrons. The molecule has 0 heterocycles. The standard InChI is InChI=1S/C3H5NO2.C2H5.4U.2Y/c1-2-3(5)4-6;1-2;;;;;;/h2,6H,1H2,(H,4,5);1H2,2H3;;;;;;/q-2;-1;;;;;;. The molecule has 1 amide bonds. The summed E-state index contributed by atoms with van der Waals surface area (Å²) >= 11 is 0. The molecule has 0 rings (SSSR count). The Bertz CT molecular complexity index is 67.7. The molecule has 0 aliphatic carbocycles. The Morgan fingerprint density at radius 2 is 1.36 bits per heavy atom. The molecule has 0 atom stereocenters. The molecule has 3 nitrogen and oxygen atoms in total. The Labute approximate surface area is 232 Å². The van der Waals surface area contributed by atoms with Crippen LogP contribution in [0, 0.1) is 145 Å². The second-order valence-electron chi connectivity index (χ2n) is 0.680. The molecule has 0 aromatic heterocycles. The minimum atomic E-state index is -0.588. The van der Waals surface area contributed by atoms with Gasteiger partial charge in [0.05, 0.1) is 5.91 Å². The van der Waals surface area contributed by atoms with Gasteiger partial charge >= 0.3 is 0 Å². The summed E-state index contributed by atoms with van der Waals surface area (Å²) in [6.45, 7) is 8.06. The Hall–Kier alpha value is 5.72. The van der Waals surface area contributed by atoms with E-state index in [2.05, 4.69) is 13.8 Å². The predicted octanol–water partition coefficient (Wildman–Crippen LogP) is 0.366. The van der Waals surface area contributed by atoms with Gasteiger partial charge in [-0.3, -0.25) is 10.7 Å². The molecule has 0 spiro atoms. The number of rotatable bonds is 1. The summed E-state index contributed by atoms with van der Waals surface area (Å²) in [5.41, 5.74) is 1.36. The van der Waals surface area contributed by atoms with E-state index in [0.29, 0.717) is 0 Å². The van der Waals surface area contributed by atoms with Crippen LogP contribution in [0.5, 0.6) is 0 Å². The summed E-state index contributed by atoms with van der Waals surface area (Å²) in [5, 5.41) is 7.66. The molecule has 0 unspecified atom stereocenters. The van der Waals surface area contributed by atoms with Gasteiger partial charge in [0.25, 0.3) is 0 Å². The Kier molecular flexibility index (Phi) is 184. The zero-order valence-electron chi connectivity index (χ0n) is 8.00. The molecule has 72 valence electrons. The van der Waals surface area contributed by atoms with Crippen LogP contribution in [0.3, 0.4) is 0 Å². The fourth-order valence-electron chi connectivity index (χ4n) is 0.0456. The number of amides is 1. The average molecular weight is 1250 g/mol. The fourth-order valence-corrected chi connectivity index (χ4v) is 0.0456. The van der Waals surface area contributed by atoms with Crippen molar-refractivity contribution in [3.8, 4) is 0 Å². The molecular weight excluding hydrogens is 1240 g/mol. The number of nitrogens with one attached hydrogen (secondary N) is 1. The minimum Gasteiger partial charge on any atom is -0.491 e. The van der Waals surface area contributed by atoms with Crippen molar-refractivity contribution in [1.29, 1.82) is 0 Å². The number of hydrogen-bond acceptors (Lipinski definition) is 2. The molecule has 0 saturated carbocycles. The van der Waals surface area contributed by atoms with Crippen molar-refractivity contribution in [2.45, 2.75) is 6.92 Å². The zero-order valence-corrected chi connectivity index (χ0v) is 30.3. The molecule has 0 aromatic rings. The maximum absolute atomic E-state index is 9.70. The molecule has 0 aliphatic rings. The van der Waals surface area contributed by atoms with Crippen LogP contribution in [-0.4, -0.2) is 11.1 Å². The van der Waals surface area contributed by atoms with Gasteiger partial charge in [-0.15, -0.1) is 0 Å². The van der Waals surface area contributed by atoms with Crippen molar-refractivity contribution in [2.75, 3.05) is 0 Å². The molecule has 0 bridgehead atoms. The first-order chi connectivity index (χ1) is 3.81. The smallest absolute Gasteiger partial charge is 0.0797 e. The number of carbonyl (C=O) groups excluding carboxylic acids is 1. The molecule has 0 fully saturated rings. The van der Waals surface area contributed by atoms with E-state index in [4.69, 9.17) is 5.21 Å². The molecule has 14 heavy (non-hydrogen) atoms. The summed E-state index contributed by atoms with van der Waals surface area (Å²) in [6.07, 6.45) is 0.972. The van der Waals surface area contributed by atoms with E-state index in [1.165, 1.54) is 5.48 Å². The van der Waals surface area contributed by atoms with Crippen LogP contribution in [0.1, 0.15) is 6.92 Å². The van der Waals surface area contributed by atoms with Gasteiger partial charge in [0.2, 0.25) is 0 Å². The molecular formula is C5H10NO2U4Y2-3. The second-order valence-corrected chi connectivity index (χ2v) is 0.680. The third-order valence-corrected chi connectivity index (χ3v) is 0.296. The first kappa shape index (κ1) is 50.3.